The van der Waals surface area contributed by atoms with E-state index in [4.69, 9.17) is 18.9 Å². The Morgan fingerprint density at radius 2 is 1.78 bits per heavy atom. The fraction of sp³-hybridized carbons (Fsp3) is 0.409. The van der Waals surface area contributed by atoms with Crippen LogP contribution in [0.25, 0.3) is 0 Å². The fourth-order valence-electron chi connectivity index (χ4n) is 3.12. The molecule has 1 aliphatic heterocycles. The highest BCUT2D eigenvalue weighted by Gasteiger charge is 2.30. The molecule has 1 aliphatic rings. The maximum Gasteiger partial charge on any atom is 0.184 e. The van der Waals surface area contributed by atoms with E-state index in [0.717, 1.165) is 29.6 Å². The molecule has 0 aromatic heterocycles. The Hall–Kier alpha value is -2.21. The van der Waals surface area contributed by atoms with Gasteiger partial charge in [0.1, 0.15) is 12.0 Å². The first-order valence-corrected chi connectivity index (χ1v) is 9.28. The summed E-state index contributed by atoms with van der Waals surface area (Å²) in [7, 11) is 1.65. The van der Waals surface area contributed by atoms with E-state index in [1.54, 1.807) is 7.11 Å². The molecule has 0 amide bonds. The second-order valence-electron chi connectivity index (χ2n) is 6.59. The standard InChI is InChI=1S/C22H26O5/c1-24-19-9-7-17(8-10-19)16-25-14-12-21-15-20(11-13-23)26-22(27-21)18-5-3-2-4-6-18/h2-10,13,20-22H,11-12,14-16H2,1H3/t20-,21+,22-/m0/s1. The molecule has 2 aromatic rings. The van der Waals surface area contributed by atoms with Crippen molar-refractivity contribution in [2.45, 2.75) is 44.4 Å². The fourth-order valence-corrected chi connectivity index (χ4v) is 3.12. The minimum atomic E-state index is -0.434. The first-order chi connectivity index (χ1) is 13.3. The van der Waals surface area contributed by atoms with Gasteiger partial charge in [-0.05, 0) is 24.1 Å². The summed E-state index contributed by atoms with van der Waals surface area (Å²) in [6.45, 7) is 1.14. The van der Waals surface area contributed by atoms with Crippen LogP contribution >= 0.6 is 0 Å². The van der Waals surface area contributed by atoms with Crippen LogP contribution in [0.3, 0.4) is 0 Å². The minimum absolute atomic E-state index is 0.00442. The van der Waals surface area contributed by atoms with E-state index in [0.29, 0.717) is 26.1 Å². The van der Waals surface area contributed by atoms with Crippen molar-refractivity contribution in [3.05, 3.63) is 65.7 Å². The third-order valence-electron chi connectivity index (χ3n) is 4.60. The number of hydrogen-bond donors (Lipinski definition) is 0. The monoisotopic (exact) mass is 370 g/mol. The number of ether oxygens (including phenoxy) is 4. The lowest BCUT2D eigenvalue weighted by Gasteiger charge is -2.35. The maximum atomic E-state index is 10.9. The Labute approximate surface area is 160 Å². The number of methoxy groups -OCH3 is 1. The second kappa shape index (κ2) is 10.2. The van der Waals surface area contributed by atoms with Crippen LogP contribution in [0.1, 0.15) is 36.7 Å². The predicted molar refractivity (Wildman–Crippen MR) is 101 cm³/mol. The van der Waals surface area contributed by atoms with Crippen LogP contribution in [0.2, 0.25) is 0 Å². The van der Waals surface area contributed by atoms with Crippen molar-refractivity contribution < 1.29 is 23.7 Å². The Morgan fingerprint density at radius 3 is 2.48 bits per heavy atom. The maximum absolute atomic E-state index is 10.9. The van der Waals surface area contributed by atoms with Crippen molar-refractivity contribution in [3.63, 3.8) is 0 Å². The van der Waals surface area contributed by atoms with Crippen LogP contribution in [0.4, 0.5) is 0 Å². The number of carbonyl (C=O) groups is 1. The SMILES string of the molecule is COc1ccc(COCC[C@@H]2C[C@H](CC=O)O[C@H](c3ccccc3)O2)cc1. The van der Waals surface area contributed by atoms with Gasteiger partial charge in [-0.1, -0.05) is 42.5 Å². The third-order valence-corrected chi connectivity index (χ3v) is 4.60. The molecule has 0 saturated carbocycles. The molecule has 0 N–H and O–H groups in total. The highest BCUT2D eigenvalue weighted by molar-refractivity contribution is 5.50. The lowest BCUT2D eigenvalue weighted by molar-refractivity contribution is -0.249. The summed E-state index contributed by atoms with van der Waals surface area (Å²) in [4.78, 5) is 10.9. The Bertz CT molecular complexity index is 686. The van der Waals surface area contributed by atoms with Crippen LogP contribution in [0.15, 0.2) is 54.6 Å². The Kier molecular flexibility index (Phi) is 7.39. The van der Waals surface area contributed by atoms with Crippen molar-refractivity contribution in [2.24, 2.45) is 0 Å². The molecule has 0 aliphatic carbocycles. The molecule has 1 heterocycles. The van der Waals surface area contributed by atoms with Gasteiger partial charge in [0.05, 0.1) is 25.9 Å². The van der Waals surface area contributed by atoms with E-state index in [-0.39, 0.29) is 12.2 Å². The predicted octanol–water partition coefficient (Wildman–Crippen LogP) is 4.06. The van der Waals surface area contributed by atoms with Crippen molar-refractivity contribution in [2.75, 3.05) is 13.7 Å². The molecule has 3 atom stereocenters. The Morgan fingerprint density at radius 1 is 1.04 bits per heavy atom. The first kappa shape index (κ1) is 19.5. The zero-order valence-corrected chi connectivity index (χ0v) is 15.6. The van der Waals surface area contributed by atoms with Gasteiger partial charge in [-0.25, -0.2) is 0 Å². The van der Waals surface area contributed by atoms with E-state index >= 15 is 0 Å². The molecule has 3 rings (SSSR count). The van der Waals surface area contributed by atoms with E-state index in [2.05, 4.69) is 0 Å². The zero-order chi connectivity index (χ0) is 18.9. The van der Waals surface area contributed by atoms with Crippen LogP contribution in [0.5, 0.6) is 5.75 Å². The average molecular weight is 370 g/mol. The molecular weight excluding hydrogens is 344 g/mol. The normalized spacial score (nSPS) is 22.3. The quantitative estimate of drug-likeness (QED) is 0.492. The summed E-state index contributed by atoms with van der Waals surface area (Å²) < 4.78 is 23.0. The van der Waals surface area contributed by atoms with E-state index in [1.807, 2.05) is 54.6 Å². The highest BCUT2D eigenvalue weighted by Crippen LogP contribution is 2.32. The molecule has 2 aromatic carbocycles. The summed E-state index contributed by atoms with van der Waals surface area (Å²) in [5, 5.41) is 0. The molecule has 5 nitrogen and oxygen atoms in total. The Balaban J connectivity index is 1.49. The number of aldehydes is 1. The number of rotatable bonds is 9. The number of hydrogen-bond acceptors (Lipinski definition) is 5. The van der Waals surface area contributed by atoms with Gasteiger partial charge in [0.25, 0.3) is 0 Å². The van der Waals surface area contributed by atoms with Crippen molar-refractivity contribution in [1.82, 2.24) is 0 Å². The van der Waals surface area contributed by atoms with E-state index in [1.165, 1.54) is 0 Å². The second-order valence-corrected chi connectivity index (χ2v) is 6.59. The third kappa shape index (κ3) is 5.89. The van der Waals surface area contributed by atoms with Gasteiger partial charge >= 0.3 is 0 Å². The van der Waals surface area contributed by atoms with Gasteiger partial charge in [0.2, 0.25) is 0 Å². The van der Waals surface area contributed by atoms with Crippen LogP contribution in [0, 0.1) is 0 Å². The van der Waals surface area contributed by atoms with Gasteiger partial charge in [-0.3, -0.25) is 0 Å². The summed E-state index contributed by atoms with van der Waals surface area (Å²) in [5.41, 5.74) is 2.07. The van der Waals surface area contributed by atoms with Gasteiger partial charge in [-0.15, -0.1) is 0 Å². The largest absolute Gasteiger partial charge is 0.497 e. The van der Waals surface area contributed by atoms with Crippen molar-refractivity contribution in [1.29, 1.82) is 0 Å². The first-order valence-electron chi connectivity index (χ1n) is 9.28. The smallest absolute Gasteiger partial charge is 0.184 e. The van der Waals surface area contributed by atoms with Crippen LogP contribution in [-0.4, -0.2) is 32.2 Å². The molecular formula is C22H26O5. The lowest BCUT2D eigenvalue weighted by Crippen LogP contribution is -2.34. The molecule has 144 valence electrons. The lowest BCUT2D eigenvalue weighted by atomic mass is 10.0. The van der Waals surface area contributed by atoms with Gasteiger partial charge in [-0.2, -0.15) is 0 Å². The summed E-state index contributed by atoms with van der Waals surface area (Å²) in [5.74, 6) is 0.836. The molecule has 0 bridgehead atoms. The highest BCUT2D eigenvalue weighted by atomic mass is 16.7. The molecule has 1 saturated heterocycles. The topological polar surface area (TPSA) is 54.0 Å². The van der Waals surface area contributed by atoms with Gasteiger partial charge < -0.3 is 23.7 Å². The zero-order valence-electron chi connectivity index (χ0n) is 15.6. The van der Waals surface area contributed by atoms with Crippen LogP contribution < -0.4 is 4.74 Å². The number of carbonyl (C=O) groups excluding carboxylic acids is 1. The van der Waals surface area contributed by atoms with E-state index in [9.17, 15) is 4.79 Å². The van der Waals surface area contributed by atoms with Crippen molar-refractivity contribution in [3.8, 4) is 5.75 Å². The van der Waals surface area contributed by atoms with Crippen molar-refractivity contribution >= 4 is 6.29 Å². The summed E-state index contributed by atoms with van der Waals surface area (Å²) >= 11 is 0. The summed E-state index contributed by atoms with van der Waals surface area (Å²) in [6.07, 6.45) is 2.21. The molecule has 0 spiro atoms. The molecule has 1 fully saturated rings. The molecule has 0 radical (unpaired) electrons. The molecule has 27 heavy (non-hydrogen) atoms. The van der Waals surface area contributed by atoms with E-state index < -0.39 is 6.29 Å². The summed E-state index contributed by atoms with van der Waals surface area (Å²) in [6, 6.07) is 17.7. The van der Waals surface area contributed by atoms with Gasteiger partial charge in [0.15, 0.2) is 6.29 Å². The average Bonchev–Trinajstić information content (AvgIpc) is 2.72. The minimum Gasteiger partial charge on any atom is -0.497 e. The van der Waals surface area contributed by atoms with Gasteiger partial charge in [0, 0.05) is 25.0 Å². The van der Waals surface area contributed by atoms with Crippen LogP contribution in [-0.2, 0) is 25.6 Å². The molecule has 5 heteroatoms. The number of benzene rings is 2. The molecule has 0 unspecified atom stereocenters.